The van der Waals surface area contributed by atoms with Crippen molar-refractivity contribution in [2.75, 3.05) is 27.8 Å². The molecule has 5 heteroatoms. The monoisotopic (exact) mass is 293 g/mol. The molecule has 0 aromatic heterocycles. The summed E-state index contributed by atoms with van der Waals surface area (Å²) in [6, 6.07) is 7.65. The fourth-order valence-electron chi connectivity index (χ4n) is 2.02. The molecule has 0 aliphatic heterocycles. The van der Waals surface area contributed by atoms with Crippen LogP contribution in [0.2, 0.25) is 0 Å². The number of aryl methyl sites for hydroxylation is 1. The highest BCUT2D eigenvalue weighted by Gasteiger charge is 2.18. The maximum atomic E-state index is 12.0. The summed E-state index contributed by atoms with van der Waals surface area (Å²) in [5.74, 6) is 0.199. The second-order valence-corrected chi connectivity index (χ2v) is 5.05. The number of ether oxygens (including phenoxy) is 2. The first-order chi connectivity index (χ1) is 9.97. The van der Waals surface area contributed by atoms with Gasteiger partial charge in [-0.15, -0.1) is 0 Å². The summed E-state index contributed by atoms with van der Waals surface area (Å²) in [6.45, 7) is 2.12. The minimum atomic E-state index is -0.315. The number of nitrogens with zero attached hydrogens (tertiary/aromatic N) is 1. The Kier molecular flexibility index (Phi) is 6.72. The first-order valence-electron chi connectivity index (χ1n) is 6.92. The van der Waals surface area contributed by atoms with Crippen LogP contribution in [-0.2, 0) is 20.7 Å². The van der Waals surface area contributed by atoms with E-state index in [0.29, 0.717) is 19.4 Å². The van der Waals surface area contributed by atoms with Crippen LogP contribution in [0.25, 0.3) is 0 Å². The quantitative estimate of drug-likeness (QED) is 0.720. The van der Waals surface area contributed by atoms with Crippen LogP contribution in [0, 0.1) is 5.92 Å². The molecule has 5 nitrogen and oxygen atoms in total. The van der Waals surface area contributed by atoms with Crippen molar-refractivity contribution in [3.05, 3.63) is 29.8 Å². The molecule has 116 valence electrons. The third-order valence-corrected chi connectivity index (χ3v) is 3.36. The number of hydrogen-bond donors (Lipinski definition) is 0. The van der Waals surface area contributed by atoms with E-state index in [4.69, 9.17) is 4.74 Å². The molecule has 0 saturated heterocycles. The van der Waals surface area contributed by atoms with Gasteiger partial charge in [0.2, 0.25) is 5.91 Å². The van der Waals surface area contributed by atoms with Crippen molar-refractivity contribution in [3.63, 3.8) is 0 Å². The van der Waals surface area contributed by atoms with E-state index in [-0.39, 0.29) is 17.8 Å². The van der Waals surface area contributed by atoms with Gasteiger partial charge in [-0.05, 0) is 24.1 Å². The predicted octanol–water partition coefficient (Wildman–Crippen LogP) is 1.90. The molecule has 0 heterocycles. The zero-order chi connectivity index (χ0) is 15.8. The van der Waals surface area contributed by atoms with Crippen LogP contribution in [0.5, 0.6) is 5.75 Å². The van der Waals surface area contributed by atoms with Gasteiger partial charge in [0.1, 0.15) is 5.75 Å². The molecule has 1 aromatic rings. The average molecular weight is 293 g/mol. The summed E-state index contributed by atoms with van der Waals surface area (Å²) in [7, 11) is 4.68. The molecule has 0 aliphatic carbocycles. The number of esters is 1. The standard InChI is InChI=1S/C16H23NO4/c1-12(16(19)21-4)11-17(2)15(18)10-7-13-5-8-14(20-3)9-6-13/h5-6,8-9,12H,7,10-11H2,1-4H3. The maximum Gasteiger partial charge on any atom is 0.310 e. The fraction of sp³-hybridized carbons (Fsp3) is 0.500. The normalized spacial score (nSPS) is 11.6. The van der Waals surface area contributed by atoms with Crippen molar-refractivity contribution in [2.45, 2.75) is 19.8 Å². The van der Waals surface area contributed by atoms with E-state index in [1.165, 1.54) is 7.11 Å². The molecule has 0 bridgehead atoms. The lowest BCUT2D eigenvalue weighted by molar-refractivity contribution is -0.146. The molecule has 1 unspecified atom stereocenters. The Morgan fingerprint density at radius 2 is 1.81 bits per heavy atom. The second-order valence-electron chi connectivity index (χ2n) is 5.05. The predicted molar refractivity (Wildman–Crippen MR) is 80.1 cm³/mol. The number of benzene rings is 1. The van der Waals surface area contributed by atoms with E-state index in [0.717, 1.165) is 11.3 Å². The highest BCUT2D eigenvalue weighted by Crippen LogP contribution is 2.13. The molecule has 1 amide bonds. The number of rotatable bonds is 7. The first-order valence-corrected chi connectivity index (χ1v) is 6.92. The van der Waals surface area contributed by atoms with Gasteiger partial charge in [0, 0.05) is 20.0 Å². The minimum absolute atomic E-state index is 0.0153. The fourth-order valence-corrected chi connectivity index (χ4v) is 2.02. The highest BCUT2D eigenvalue weighted by molar-refractivity contribution is 5.77. The van der Waals surface area contributed by atoms with Crippen molar-refractivity contribution in [3.8, 4) is 5.75 Å². The van der Waals surface area contributed by atoms with Gasteiger partial charge in [-0.3, -0.25) is 9.59 Å². The number of methoxy groups -OCH3 is 2. The first kappa shape index (κ1) is 17.0. The zero-order valence-electron chi connectivity index (χ0n) is 13.1. The van der Waals surface area contributed by atoms with Gasteiger partial charge in [-0.1, -0.05) is 19.1 Å². The molecule has 0 N–H and O–H groups in total. The molecular weight excluding hydrogens is 270 g/mol. The molecule has 0 radical (unpaired) electrons. The summed E-state index contributed by atoms with van der Waals surface area (Å²) >= 11 is 0. The van der Waals surface area contributed by atoms with E-state index >= 15 is 0 Å². The Morgan fingerprint density at radius 3 is 2.33 bits per heavy atom. The van der Waals surface area contributed by atoms with Crippen molar-refractivity contribution in [2.24, 2.45) is 5.92 Å². The van der Waals surface area contributed by atoms with Crippen LogP contribution in [-0.4, -0.2) is 44.6 Å². The van der Waals surface area contributed by atoms with E-state index < -0.39 is 0 Å². The van der Waals surface area contributed by atoms with Crippen LogP contribution in [0.1, 0.15) is 18.9 Å². The lowest BCUT2D eigenvalue weighted by atomic mass is 10.1. The van der Waals surface area contributed by atoms with Gasteiger partial charge in [0.05, 0.1) is 20.1 Å². The Bertz CT molecular complexity index is 470. The topological polar surface area (TPSA) is 55.8 Å². The summed E-state index contributed by atoms with van der Waals surface area (Å²) < 4.78 is 9.75. The van der Waals surface area contributed by atoms with Gasteiger partial charge in [-0.2, -0.15) is 0 Å². The van der Waals surface area contributed by atoms with E-state index in [9.17, 15) is 9.59 Å². The van der Waals surface area contributed by atoms with Gasteiger partial charge in [0.15, 0.2) is 0 Å². The molecule has 1 aromatic carbocycles. The number of hydrogen-bond acceptors (Lipinski definition) is 4. The molecular formula is C16H23NO4. The Labute approximate surface area is 125 Å². The van der Waals surface area contributed by atoms with Crippen molar-refractivity contribution < 1.29 is 19.1 Å². The largest absolute Gasteiger partial charge is 0.497 e. The van der Waals surface area contributed by atoms with E-state index in [1.54, 1.807) is 26.0 Å². The second kappa shape index (κ2) is 8.29. The summed E-state index contributed by atoms with van der Waals surface area (Å²) in [5.41, 5.74) is 1.08. The number of carbonyl (C=O) groups is 2. The van der Waals surface area contributed by atoms with Gasteiger partial charge < -0.3 is 14.4 Å². The summed E-state index contributed by atoms with van der Waals surface area (Å²) in [4.78, 5) is 24.9. The molecule has 0 aliphatic rings. The van der Waals surface area contributed by atoms with E-state index in [1.807, 2.05) is 24.3 Å². The van der Waals surface area contributed by atoms with Crippen molar-refractivity contribution in [1.82, 2.24) is 4.90 Å². The maximum absolute atomic E-state index is 12.0. The van der Waals surface area contributed by atoms with Gasteiger partial charge in [0.25, 0.3) is 0 Å². The third-order valence-electron chi connectivity index (χ3n) is 3.36. The zero-order valence-corrected chi connectivity index (χ0v) is 13.1. The smallest absolute Gasteiger partial charge is 0.310 e. The lowest BCUT2D eigenvalue weighted by Gasteiger charge is -2.20. The summed E-state index contributed by atoms with van der Waals surface area (Å²) in [5, 5.41) is 0. The molecule has 1 rings (SSSR count). The molecule has 0 fully saturated rings. The van der Waals surface area contributed by atoms with Gasteiger partial charge >= 0.3 is 5.97 Å². The summed E-state index contributed by atoms with van der Waals surface area (Å²) in [6.07, 6.45) is 1.08. The molecule has 21 heavy (non-hydrogen) atoms. The molecule has 0 spiro atoms. The Hall–Kier alpha value is -2.04. The van der Waals surface area contributed by atoms with Crippen LogP contribution >= 0.6 is 0 Å². The van der Waals surface area contributed by atoms with Crippen molar-refractivity contribution >= 4 is 11.9 Å². The molecule has 1 atom stereocenters. The van der Waals surface area contributed by atoms with Crippen LogP contribution < -0.4 is 4.74 Å². The number of carbonyl (C=O) groups excluding carboxylic acids is 2. The van der Waals surface area contributed by atoms with Crippen LogP contribution in [0.3, 0.4) is 0 Å². The molecule has 0 saturated carbocycles. The number of amides is 1. The highest BCUT2D eigenvalue weighted by atomic mass is 16.5. The van der Waals surface area contributed by atoms with Gasteiger partial charge in [-0.25, -0.2) is 0 Å². The van der Waals surface area contributed by atoms with E-state index in [2.05, 4.69) is 4.74 Å². The average Bonchev–Trinajstić information content (AvgIpc) is 2.51. The minimum Gasteiger partial charge on any atom is -0.497 e. The van der Waals surface area contributed by atoms with Crippen LogP contribution in [0.4, 0.5) is 0 Å². The Balaban J connectivity index is 2.43. The van der Waals surface area contributed by atoms with Crippen LogP contribution in [0.15, 0.2) is 24.3 Å². The van der Waals surface area contributed by atoms with Crippen molar-refractivity contribution in [1.29, 1.82) is 0 Å². The SMILES string of the molecule is COC(=O)C(C)CN(C)C(=O)CCc1ccc(OC)cc1. The third kappa shape index (κ3) is 5.45. The lowest BCUT2D eigenvalue weighted by Crippen LogP contribution is -2.34. The Morgan fingerprint density at radius 1 is 1.19 bits per heavy atom.